The number of benzene rings is 2. The van der Waals surface area contributed by atoms with E-state index in [1.165, 1.54) is 6.08 Å². The molecule has 3 rings (SSSR count). The van der Waals surface area contributed by atoms with Gasteiger partial charge in [-0.3, -0.25) is 9.78 Å². The van der Waals surface area contributed by atoms with Gasteiger partial charge >= 0.3 is 0 Å². The van der Waals surface area contributed by atoms with E-state index in [9.17, 15) is 4.79 Å². The van der Waals surface area contributed by atoms with Crippen molar-refractivity contribution in [2.75, 3.05) is 13.7 Å². The molecule has 0 bridgehead atoms. The third-order valence-corrected chi connectivity index (χ3v) is 4.93. The molecule has 0 radical (unpaired) electrons. The van der Waals surface area contributed by atoms with Crippen LogP contribution < -0.4 is 14.8 Å². The Kier molecular flexibility index (Phi) is 8.03. The van der Waals surface area contributed by atoms with Crippen molar-refractivity contribution in [1.82, 2.24) is 10.3 Å². The molecule has 6 heteroatoms. The number of amides is 1. The number of nitrogens with zero attached hydrogens (tertiary/aromatic N) is 1. The van der Waals surface area contributed by atoms with E-state index in [0.29, 0.717) is 24.7 Å². The van der Waals surface area contributed by atoms with Crippen LogP contribution in [0.1, 0.15) is 16.7 Å². The van der Waals surface area contributed by atoms with Crippen LogP contribution in [-0.4, -0.2) is 24.5 Å². The number of aromatic nitrogens is 1. The van der Waals surface area contributed by atoms with E-state index in [0.717, 1.165) is 27.6 Å². The largest absolute Gasteiger partial charge is 0.493 e. The Labute approximate surface area is 184 Å². The molecule has 30 heavy (non-hydrogen) atoms. The first kappa shape index (κ1) is 21.6. The zero-order valence-electron chi connectivity index (χ0n) is 16.7. The Bertz CT molecular complexity index is 989. The lowest BCUT2D eigenvalue weighted by Gasteiger charge is -2.13. The fourth-order valence-electron chi connectivity index (χ4n) is 2.82. The van der Waals surface area contributed by atoms with E-state index in [1.807, 2.05) is 54.6 Å². The minimum atomic E-state index is -0.161. The van der Waals surface area contributed by atoms with E-state index >= 15 is 0 Å². The average molecular weight is 467 g/mol. The van der Waals surface area contributed by atoms with Gasteiger partial charge in [0.2, 0.25) is 5.91 Å². The van der Waals surface area contributed by atoms with E-state index in [4.69, 9.17) is 9.47 Å². The molecule has 3 aromatic rings. The van der Waals surface area contributed by atoms with Crippen molar-refractivity contribution in [2.45, 2.75) is 13.0 Å². The van der Waals surface area contributed by atoms with Gasteiger partial charge in [-0.05, 0) is 54.0 Å². The highest BCUT2D eigenvalue weighted by Crippen LogP contribution is 2.32. The third kappa shape index (κ3) is 6.46. The lowest BCUT2D eigenvalue weighted by Crippen LogP contribution is -2.23. The van der Waals surface area contributed by atoms with Gasteiger partial charge in [0.25, 0.3) is 0 Å². The van der Waals surface area contributed by atoms with Crippen molar-refractivity contribution < 1.29 is 14.3 Å². The SMILES string of the molecule is COc1cccc(/C=C/C(=O)NCCc2ccncc2)c1OCc1ccc(Br)cc1. The lowest BCUT2D eigenvalue weighted by molar-refractivity contribution is -0.116. The number of methoxy groups -OCH3 is 1. The summed E-state index contributed by atoms with van der Waals surface area (Å²) >= 11 is 3.43. The number of carbonyl (C=O) groups is 1. The monoisotopic (exact) mass is 466 g/mol. The first-order valence-corrected chi connectivity index (χ1v) is 10.3. The van der Waals surface area contributed by atoms with Crippen LogP contribution in [0.4, 0.5) is 0 Å². The van der Waals surface area contributed by atoms with Crippen LogP contribution >= 0.6 is 15.9 Å². The van der Waals surface area contributed by atoms with Crippen LogP contribution in [0.25, 0.3) is 6.08 Å². The smallest absolute Gasteiger partial charge is 0.244 e. The molecule has 2 aromatic carbocycles. The number of nitrogens with one attached hydrogen (secondary N) is 1. The van der Waals surface area contributed by atoms with E-state index in [1.54, 1.807) is 25.6 Å². The number of pyridine rings is 1. The molecule has 0 saturated heterocycles. The topological polar surface area (TPSA) is 60.5 Å². The standard InChI is InChI=1S/C24H23BrN2O3/c1-29-22-4-2-3-20(24(22)30-17-19-5-8-21(25)9-6-19)7-10-23(28)27-16-13-18-11-14-26-15-12-18/h2-12,14-15H,13,16-17H2,1H3,(H,27,28)/b10-7+. The molecular formula is C24H23BrN2O3. The van der Waals surface area contributed by atoms with Crippen molar-refractivity contribution >= 4 is 27.9 Å². The molecule has 1 aromatic heterocycles. The van der Waals surface area contributed by atoms with Gasteiger partial charge in [-0.25, -0.2) is 0 Å². The molecule has 1 N–H and O–H groups in total. The van der Waals surface area contributed by atoms with Gasteiger partial charge in [0.05, 0.1) is 7.11 Å². The highest BCUT2D eigenvalue weighted by molar-refractivity contribution is 9.10. The molecule has 1 amide bonds. The highest BCUT2D eigenvalue weighted by Gasteiger charge is 2.09. The summed E-state index contributed by atoms with van der Waals surface area (Å²) in [5.41, 5.74) is 2.94. The quantitative estimate of drug-likeness (QED) is 0.460. The Balaban J connectivity index is 1.62. The second kappa shape index (κ2) is 11.2. The van der Waals surface area contributed by atoms with Crippen LogP contribution in [0.15, 0.2) is 77.5 Å². The van der Waals surface area contributed by atoms with Crippen LogP contribution in [0.5, 0.6) is 11.5 Å². The molecule has 0 unspecified atom stereocenters. The lowest BCUT2D eigenvalue weighted by atomic mass is 10.1. The molecule has 0 saturated carbocycles. The van der Waals surface area contributed by atoms with Crippen LogP contribution in [0, 0.1) is 0 Å². The minimum absolute atomic E-state index is 0.161. The summed E-state index contributed by atoms with van der Waals surface area (Å²) in [5.74, 6) is 1.06. The minimum Gasteiger partial charge on any atom is -0.493 e. The number of hydrogen-bond acceptors (Lipinski definition) is 4. The van der Waals surface area contributed by atoms with E-state index < -0.39 is 0 Å². The van der Waals surface area contributed by atoms with Gasteiger partial charge < -0.3 is 14.8 Å². The summed E-state index contributed by atoms with van der Waals surface area (Å²) in [7, 11) is 1.60. The summed E-state index contributed by atoms with van der Waals surface area (Å²) in [6, 6.07) is 17.4. The van der Waals surface area contributed by atoms with Gasteiger partial charge in [0, 0.05) is 35.1 Å². The molecule has 154 valence electrons. The first-order valence-electron chi connectivity index (χ1n) is 9.55. The Hall–Kier alpha value is -3.12. The predicted octanol–water partition coefficient (Wildman–Crippen LogP) is 4.80. The van der Waals surface area contributed by atoms with Crippen molar-refractivity contribution in [3.05, 3.63) is 94.2 Å². The fourth-order valence-corrected chi connectivity index (χ4v) is 3.08. The van der Waals surface area contributed by atoms with Gasteiger partial charge in [-0.1, -0.05) is 40.2 Å². The van der Waals surface area contributed by atoms with Crippen LogP contribution in [0.3, 0.4) is 0 Å². The maximum atomic E-state index is 12.2. The van der Waals surface area contributed by atoms with Crippen molar-refractivity contribution in [2.24, 2.45) is 0 Å². The fraction of sp³-hybridized carbons (Fsp3) is 0.167. The summed E-state index contributed by atoms with van der Waals surface area (Å²) in [5, 5.41) is 2.89. The van der Waals surface area contributed by atoms with Gasteiger partial charge in [-0.2, -0.15) is 0 Å². The molecule has 0 aliphatic heterocycles. The predicted molar refractivity (Wildman–Crippen MR) is 121 cm³/mol. The van der Waals surface area contributed by atoms with Crippen molar-refractivity contribution in [3.8, 4) is 11.5 Å². The number of hydrogen-bond donors (Lipinski definition) is 1. The highest BCUT2D eigenvalue weighted by atomic mass is 79.9. The molecule has 0 aliphatic rings. The first-order chi connectivity index (χ1) is 14.7. The third-order valence-electron chi connectivity index (χ3n) is 4.40. The number of para-hydroxylation sites is 1. The van der Waals surface area contributed by atoms with Crippen LogP contribution in [-0.2, 0) is 17.8 Å². The molecule has 0 atom stereocenters. The van der Waals surface area contributed by atoms with E-state index in [-0.39, 0.29) is 5.91 Å². The van der Waals surface area contributed by atoms with Gasteiger partial charge in [0.15, 0.2) is 11.5 Å². The van der Waals surface area contributed by atoms with Gasteiger partial charge in [0.1, 0.15) is 6.61 Å². The molecule has 5 nitrogen and oxygen atoms in total. The summed E-state index contributed by atoms with van der Waals surface area (Å²) in [4.78, 5) is 16.2. The molecule has 1 heterocycles. The molecule has 0 aliphatic carbocycles. The maximum absolute atomic E-state index is 12.2. The van der Waals surface area contributed by atoms with E-state index in [2.05, 4.69) is 26.2 Å². The summed E-state index contributed by atoms with van der Waals surface area (Å²) in [6.45, 7) is 0.949. The van der Waals surface area contributed by atoms with Crippen molar-refractivity contribution in [1.29, 1.82) is 0 Å². The molecular weight excluding hydrogens is 444 g/mol. The zero-order valence-corrected chi connectivity index (χ0v) is 18.3. The number of halogens is 1. The van der Waals surface area contributed by atoms with Crippen molar-refractivity contribution in [3.63, 3.8) is 0 Å². The second-order valence-electron chi connectivity index (χ2n) is 6.52. The second-order valence-corrected chi connectivity index (χ2v) is 7.44. The van der Waals surface area contributed by atoms with Crippen LogP contribution in [0.2, 0.25) is 0 Å². The Morgan fingerprint density at radius 1 is 1.07 bits per heavy atom. The number of carbonyl (C=O) groups excluding carboxylic acids is 1. The molecule has 0 fully saturated rings. The molecule has 0 spiro atoms. The maximum Gasteiger partial charge on any atom is 0.244 e. The normalized spacial score (nSPS) is 10.7. The summed E-state index contributed by atoms with van der Waals surface area (Å²) < 4.78 is 12.5. The Morgan fingerprint density at radius 2 is 1.83 bits per heavy atom. The number of ether oxygens (including phenoxy) is 2. The van der Waals surface area contributed by atoms with Gasteiger partial charge in [-0.15, -0.1) is 0 Å². The summed E-state index contributed by atoms with van der Waals surface area (Å²) in [6.07, 6.45) is 7.49. The number of rotatable bonds is 9. The average Bonchev–Trinajstić information content (AvgIpc) is 2.78. The zero-order chi connectivity index (χ0) is 21.2. The Morgan fingerprint density at radius 3 is 2.57 bits per heavy atom.